The maximum absolute atomic E-state index is 13.0. The average molecular weight is 378 g/mol. The van der Waals surface area contributed by atoms with E-state index in [9.17, 15) is 20.1 Å². The van der Waals surface area contributed by atoms with Crippen LogP contribution in [0.5, 0.6) is 23.0 Å². The van der Waals surface area contributed by atoms with Crippen molar-refractivity contribution >= 4 is 5.78 Å². The van der Waals surface area contributed by atoms with E-state index in [1.165, 1.54) is 26.4 Å². The number of phenolic OH excluding ortho intramolecular Hbond substituents is 2. The lowest BCUT2D eigenvalue weighted by atomic mass is 9.70. The van der Waals surface area contributed by atoms with E-state index in [-0.39, 0.29) is 33.8 Å². The molecule has 0 unspecified atom stereocenters. The molecule has 1 aliphatic rings. The van der Waals surface area contributed by atoms with Crippen LogP contribution in [0, 0.1) is 0 Å². The summed E-state index contributed by atoms with van der Waals surface area (Å²) in [6, 6.07) is 13.9. The van der Waals surface area contributed by atoms with Crippen molar-refractivity contribution < 1.29 is 29.6 Å². The van der Waals surface area contributed by atoms with Crippen LogP contribution in [0.4, 0.5) is 0 Å². The third kappa shape index (κ3) is 2.28. The summed E-state index contributed by atoms with van der Waals surface area (Å²) < 4.78 is 10.7. The van der Waals surface area contributed by atoms with Crippen LogP contribution >= 0.6 is 0 Å². The first-order valence-corrected chi connectivity index (χ1v) is 8.58. The first-order valence-electron chi connectivity index (χ1n) is 8.58. The molecule has 0 heterocycles. The zero-order valence-electron chi connectivity index (χ0n) is 15.3. The highest BCUT2D eigenvalue weighted by Crippen LogP contribution is 2.50. The van der Waals surface area contributed by atoms with Gasteiger partial charge in [-0.3, -0.25) is 4.79 Å². The van der Waals surface area contributed by atoms with Crippen LogP contribution in [0.3, 0.4) is 0 Å². The van der Waals surface area contributed by atoms with Gasteiger partial charge in [0.2, 0.25) is 5.78 Å². The normalized spacial score (nSPS) is 14.2. The first-order chi connectivity index (χ1) is 13.4. The van der Waals surface area contributed by atoms with E-state index in [1.807, 2.05) is 0 Å². The summed E-state index contributed by atoms with van der Waals surface area (Å²) in [6.07, 6.45) is 0. The zero-order chi connectivity index (χ0) is 20.1. The number of carbonyl (C=O) groups excluding carboxylic acids is 1. The zero-order valence-corrected chi connectivity index (χ0v) is 15.3. The second-order valence-electron chi connectivity index (χ2n) is 6.51. The van der Waals surface area contributed by atoms with Gasteiger partial charge >= 0.3 is 0 Å². The summed E-state index contributed by atoms with van der Waals surface area (Å²) in [6.45, 7) is 0. The molecule has 0 bridgehead atoms. The van der Waals surface area contributed by atoms with Gasteiger partial charge in [-0.15, -0.1) is 0 Å². The number of carbonyl (C=O) groups is 1. The van der Waals surface area contributed by atoms with Gasteiger partial charge in [-0.25, -0.2) is 0 Å². The number of fused-ring (bicyclic) bond motifs is 2. The molecule has 0 fully saturated rings. The predicted octanol–water partition coefficient (Wildman–Crippen LogP) is 2.94. The lowest BCUT2D eigenvalue weighted by Gasteiger charge is -2.37. The van der Waals surface area contributed by atoms with E-state index in [1.54, 1.807) is 42.5 Å². The second kappa shape index (κ2) is 6.28. The van der Waals surface area contributed by atoms with Crippen molar-refractivity contribution in [1.82, 2.24) is 0 Å². The van der Waals surface area contributed by atoms with Crippen molar-refractivity contribution in [3.05, 3.63) is 82.4 Å². The highest BCUT2D eigenvalue weighted by atomic mass is 16.5. The summed E-state index contributed by atoms with van der Waals surface area (Å²) >= 11 is 0. The SMILES string of the molecule is COc1ccc(C2(O)c3cccc(O)c3C(=O)c3c(O)cccc32)c(OC)c1. The fraction of sp³-hybridized carbons (Fsp3) is 0.136. The first kappa shape index (κ1) is 17.9. The molecular formula is C22H18O6. The molecule has 3 aromatic carbocycles. The molecule has 6 nitrogen and oxygen atoms in total. The fourth-order valence-electron chi connectivity index (χ4n) is 3.82. The molecular weight excluding hydrogens is 360 g/mol. The summed E-state index contributed by atoms with van der Waals surface area (Å²) in [4.78, 5) is 13.0. The maximum Gasteiger partial charge on any atom is 0.201 e. The second-order valence-corrected chi connectivity index (χ2v) is 6.51. The molecule has 0 atom stereocenters. The molecule has 0 saturated carbocycles. The number of ketones is 1. The van der Waals surface area contributed by atoms with Crippen molar-refractivity contribution in [2.24, 2.45) is 0 Å². The number of hydrogen-bond donors (Lipinski definition) is 3. The van der Waals surface area contributed by atoms with E-state index < -0.39 is 11.4 Å². The van der Waals surface area contributed by atoms with Gasteiger partial charge in [-0.2, -0.15) is 0 Å². The van der Waals surface area contributed by atoms with E-state index >= 15 is 0 Å². The molecule has 0 amide bonds. The lowest BCUT2D eigenvalue weighted by Crippen LogP contribution is -2.37. The third-order valence-corrected chi connectivity index (χ3v) is 5.12. The smallest absolute Gasteiger partial charge is 0.201 e. The number of rotatable bonds is 3. The number of phenols is 2. The minimum Gasteiger partial charge on any atom is -0.507 e. The molecule has 142 valence electrons. The molecule has 6 heteroatoms. The van der Waals surface area contributed by atoms with E-state index in [4.69, 9.17) is 9.47 Å². The van der Waals surface area contributed by atoms with Gasteiger partial charge in [0.15, 0.2) is 0 Å². The molecule has 4 rings (SSSR count). The number of methoxy groups -OCH3 is 2. The van der Waals surface area contributed by atoms with Crippen LogP contribution in [0.1, 0.15) is 32.6 Å². The Morgan fingerprint density at radius 3 is 1.86 bits per heavy atom. The topological polar surface area (TPSA) is 96.2 Å². The van der Waals surface area contributed by atoms with Gasteiger partial charge in [0.1, 0.15) is 28.6 Å². The predicted molar refractivity (Wildman–Crippen MR) is 101 cm³/mol. The third-order valence-electron chi connectivity index (χ3n) is 5.12. The Bertz CT molecular complexity index is 1050. The minimum atomic E-state index is -1.84. The van der Waals surface area contributed by atoms with Gasteiger partial charge in [0.25, 0.3) is 0 Å². The molecule has 0 saturated heterocycles. The highest BCUT2D eigenvalue weighted by molar-refractivity contribution is 6.16. The Morgan fingerprint density at radius 1 is 0.786 bits per heavy atom. The van der Waals surface area contributed by atoms with E-state index in [0.29, 0.717) is 17.1 Å². The number of aromatic hydroxyl groups is 2. The Kier molecular flexibility index (Phi) is 4.01. The summed E-state index contributed by atoms with van der Waals surface area (Å²) in [5, 5.41) is 32.7. The van der Waals surface area contributed by atoms with Gasteiger partial charge in [-0.1, -0.05) is 24.3 Å². The summed E-state index contributed by atoms with van der Waals surface area (Å²) in [7, 11) is 2.98. The molecule has 1 aliphatic carbocycles. The van der Waals surface area contributed by atoms with E-state index in [0.717, 1.165) is 0 Å². The standard InChI is InChI=1S/C22H18O6/c1-27-12-9-10-13(18(11-12)28-2)22(26)14-5-3-7-16(23)19(14)21(25)20-15(22)6-4-8-17(20)24/h3-11,23-24,26H,1-2H3. The molecule has 0 radical (unpaired) electrons. The molecule has 28 heavy (non-hydrogen) atoms. The largest absolute Gasteiger partial charge is 0.507 e. The fourth-order valence-corrected chi connectivity index (χ4v) is 3.82. The number of benzene rings is 3. The van der Waals surface area contributed by atoms with Crippen LogP contribution in [0.2, 0.25) is 0 Å². The van der Waals surface area contributed by atoms with Crippen molar-refractivity contribution in [3.63, 3.8) is 0 Å². The van der Waals surface area contributed by atoms with Gasteiger partial charge in [-0.05, 0) is 24.3 Å². The van der Waals surface area contributed by atoms with Crippen molar-refractivity contribution in [1.29, 1.82) is 0 Å². The monoisotopic (exact) mass is 378 g/mol. The molecule has 0 spiro atoms. The molecule has 3 aromatic rings. The Labute approximate surface area is 161 Å². The van der Waals surface area contributed by atoms with E-state index in [2.05, 4.69) is 0 Å². The molecule has 0 aliphatic heterocycles. The van der Waals surface area contributed by atoms with Crippen molar-refractivity contribution in [2.45, 2.75) is 5.60 Å². The number of hydrogen-bond acceptors (Lipinski definition) is 6. The molecule has 0 aromatic heterocycles. The van der Waals surface area contributed by atoms with Crippen molar-refractivity contribution in [2.75, 3.05) is 14.2 Å². The minimum absolute atomic E-state index is 0.0585. The van der Waals surface area contributed by atoms with Crippen LogP contribution in [0.25, 0.3) is 0 Å². The quantitative estimate of drug-likeness (QED) is 0.649. The Hall–Kier alpha value is -3.51. The van der Waals surface area contributed by atoms with Crippen LogP contribution in [0.15, 0.2) is 54.6 Å². The van der Waals surface area contributed by atoms with Crippen LogP contribution in [-0.4, -0.2) is 35.3 Å². The molecule has 3 N–H and O–H groups in total. The maximum atomic E-state index is 13.0. The Morgan fingerprint density at radius 2 is 1.36 bits per heavy atom. The van der Waals surface area contributed by atoms with Crippen LogP contribution in [-0.2, 0) is 5.60 Å². The number of aliphatic hydroxyl groups is 1. The summed E-state index contributed by atoms with van der Waals surface area (Å²) in [5.74, 6) is -0.244. The van der Waals surface area contributed by atoms with Gasteiger partial charge in [0, 0.05) is 22.8 Å². The average Bonchev–Trinajstić information content (AvgIpc) is 2.71. The highest BCUT2D eigenvalue weighted by Gasteiger charge is 2.47. The lowest BCUT2D eigenvalue weighted by molar-refractivity contribution is 0.0931. The summed E-state index contributed by atoms with van der Waals surface area (Å²) in [5.41, 5.74) is -1.19. The van der Waals surface area contributed by atoms with Crippen molar-refractivity contribution in [3.8, 4) is 23.0 Å². The number of ether oxygens (including phenoxy) is 2. The van der Waals surface area contributed by atoms with Gasteiger partial charge < -0.3 is 24.8 Å². The Balaban J connectivity index is 2.14. The van der Waals surface area contributed by atoms with Crippen LogP contribution < -0.4 is 9.47 Å². The van der Waals surface area contributed by atoms with Gasteiger partial charge in [0.05, 0.1) is 25.3 Å².